The van der Waals surface area contributed by atoms with E-state index in [1.54, 1.807) is 4.68 Å². The maximum Gasteiger partial charge on any atom is 0.433 e. The molecule has 0 aromatic carbocycles. The van der Waals surface area contributed by atoms with Gasteiger partial charge in [0.15, 0.2) is 11.5 Å². The fourth-order valence-electron chi connectivity index (χ4n) is 4.35. The third-order valence-corrected chi connectivity index (χ3v) is 5.64. The molecule has 6 nitrogen and oxygen atoms in total. The standard InChI is InChI=1S/C17H23F3N6/c18-17(19,20)15-14(11-21-25(15)12-7-3-1-4-8-12)16-22-23-24-26(16)13-9-5-2-6-10-13/h11-13H,1-10H2. The van der Waals surface area contributed by atoms with Crippen LogP contribution < -0.4 is 0 Å². The van der Waals surface area contributed by atoms with Crippen molar-refractivity contribution in [3.8, 4) is 11.4 Å². The first-order valence-electron chi connectivity index (χ1n) is 9.48. The van der Waals surface area contributed by atoms with Gasteiger partial charge < -0.3 is 0 Å². The van der Waals surface area contributed by atoms with Crippen molar-refractivity contribution in [2.75, 3.05) is 0 Å². The lowest BCUT2D eigenvalue weighted by Gasteiger charge is -2.25. The van der Waals surface area contributed by atoms with Gasteiger partial charge in [-0.1, -0.05) is 38.5 Å². The summed E-state index contributed by atoms with van der Waals surface area (Å²) in [6.07, 6.45) is 6.28. The van der Waals surface area contributed by atoms with Crippen molar-refractivity contribution in [3.63, 3.8) is 0 Å². The van der Waals surface area contributed by atoms with Crippen LogP contribution in [0.5, 0.6) is 0 Å². The summed E-state index contributed by atoms with van der Waals surface area (Å²) in [5, 5.41) is 15.8. The van der Waals surface area contributed by atoms with Crippen molar-refractivity contribution >= 4 is 0 Å². The van der Waals surface area contributed by atoms with Gasteiger partial charge in [-0.2, -0.15) is 18.3 Å². The molecule has 0 radical (unpaired) electrons. The van der Waals surface area contributed by atoms with Gasteiger partial charge in [-0.05, 0) is 36.1 Å². The first-order chi connectivity index (χ1) is 12.6. The number of hydrogen-bond acceptors (Lipinski definition) is 4. The van der Waals surface area contributed by atoms with Crippen molar-refractivity contribution in [2.45, 2.75) is 82.5 Å². The molecule has 0 unspecified atom stereocenters. The Morgan fingerprint density at radius 1 is 0.846 bits per heavy atom. The Kier molecular flexibility index (Phi) is 4.71. The molecule has 2 aliphatic carbocycles. The van der Waals surface area contributed by atoms with Gasteiger partial charge in [0.2, 0.25) is 0 Å². The summed E-state index contributed by atoms with van der Waals surface area (Å²) < 4.78 is 44.5. The van der Waals surface area contributed by atoms with Gasteiger partial charge in [0.05, 0.1) is 23.8 Å². The molecule has 142 valence electrons. The van der Waals surface area contributed by atoms with Gasteiger partial charge in [-0.25, -0.2) is 4.68 Å². The molecule has 0 bridgehead atoms. The van der Waals surface area contributed by atoms with E-state index < -0.39 is 11.9 Å². The van der Waals surface area contributed by atoms with E-state index in [-0.39, 0.29) is 23.5 Å². The molecule has 9 heteroatoms. The maximum atomic E-state index is 13.9. The Morgan fingerprint density at radius 3 is 2.00 bits per heavy atom. The summed E-state index contributed by atoms with van der Waals surface area (Å²) in [5.41, 5.74) is -0.713. The van der Waals surface area contributed by atoms with Crippen molar-refractivity contribution in [3.05, 3.63) is 11.9 Å². The SMILES string of the molecule is FC(F)(F)c1c(-c2nnnn2C2CCCCC2)cnn1C1CCCCC1. The monoisotopic (exact) mass is 368 g/mol. The van der Waals surface area contributed by atoms with Gasteiger partial charge >= 0.3 is 6.18 Å². The Balaban J connectivity index is 1.75. The molecule has 0 aliphatic heterocycles. The van der Waals surface area contributed by atoms with Crippen molar-refractivity contribution in [1.82, 2.24) is 30.0 Å². The first-order valence-corrected chi connectivity index (χ1v) is 9.48. The van der Waals surface area contributed by atoms with Crippen LogP contribution >= 0.6 is 0 Å². The maximum absolute atomic E-state index is 13.9. The quantitative estimate of drug-likeness (QED) is 0.796. The third-order valence-electron chi connectivity index (χ3n) is 5.64. The van der Waals surface area contributed by atoms with E-state index in [2.05, 4.69) is 20.6 Å². The molecule has 2 heterocycles. The number of rotatable bonds is 3. The zero-order chi connectivity index (χ0) is 18.1. The van der Waals surface area contributed by atoms with Gasteiger partial charge in [-0.15, -0.1) is 5.10 Å². The fraction of sp³-hybridized carbons (Fsp3) is 0.765. The van der Waals surface area contributed by atoms with Crippen molar-refractivity contribution < 1.29 is 13.2 Å². The molecule has 0 saturated heterocycles. The molecule has 2 aromatic rings. The highest BCUT2D eigenvalue weighted by atomic mass is 19.4. The lowest BCUT2D eigenvalue weighted by atomic mass is 9.95. The summed E-state index contributed by atoms with van der Waals surface area (Å²) in [6.45, 7) is 0. The molecule has 2 aromatic heterocycles. The molecule has 4 rings (SSSR count). The molecular formula is C17H23F3N6. The number of halogens is 3. The lowest BCUT2D eigenvalue weighted by Crippen LogP contribution is -2.22. The van der Waals surface area contributed by atoms with Crippen LogP contribution in [0.25, 0.3) is 11.4 Å². The number of aromatic nitrogens is 6. The highest BCUT2D eigenvalue weighted by Crippen LogP contribution is 2.41. The van der Waals surface area contributed by atoms with Crippen molar-refractivity contribution in [2.24, 2.45) is 0 Å². The van der Waals surface area contributed by atoms with E-state index in [1.165, 1.54) is 10.9 Å². The van der Waals surface area contributed by atoms with Crippen molar-refractivity contribution in [1.29, 1.82) is 0 Å². The average Bonchev–Trinajstić information content (AvgIpc) is 3.29. The molecule has 0 atom stereocenters. The summed E-state index contributed by atoms with van der Waals surface area (Å²) in [4.78, 5) is 0. The zero-order valence-electron chi connectivity index (χ0n) is 14.6. The fourth-order valence-corrected chi connectivity index (χ4v) is 4.35. The number of nitrogens with zero attached hydrogens (tertiary/aromatic N) is 6. The van der Waals surface area contributed by atoms with E-state index in [1.807, 2.05) is 0 Å². The minimum Gasteiger partial charge on any atom is -0.257 e. The van der Waals surface area contributed by atoms with Gasteiger partial charge in [0.1, 0.15) is 0 Å². The molecule has 0 amide bonds. The molecule has 2 aliphatic rings. The van der Waals surface area contributed by atoms with Crippen LogP contribution in [0, 0.1) is 0 Å². The number of tetrazole rings is 1. The van der Waals surface area contributed by atoms with Gasteiger partial charge in [-0.3, -0.25) is 4.68 Å². The van der Waals surface area contributed by atoms with Crippen LogP contribution in [0.2, 0.25) is 0 Å². The first kappa shape index (κ1) is 17.5. The highest BCUT2D eigenvalue weighted by Gasteiger charge is 2.42. The Hall–Kier alpha value is -1.93. The smallest absolute Gasteiger partial charge is 0.257 e. The minimum atomic E-state index is -4.49. The molecule has 0 N–H and O–H groups in total. The Bertz CT molecular complexity index is 738. The summed E-state index contributed by atoms with van der Waals surface area (Å²) in [6, 6.07) is -0.138. The van der Waals surface area contributed by atoms with E-state index >= 15 is 0 Å². The zero-order valence-corrected chi connectivity index (χ0v) is 14.6. The molecular weight excluding hydrogens is 345 g/mol. The van der Waals surface area contributed by atoms with E-state index in [0.717, 1.165) is 64.2 Å². The molecule has 0 spiro atoms. The normalized spacial score (nSPS) is 20.6. The second-order valence-corrected chi connectivity index (χ2v) is 7.38. The van der Waals surface area contributed by atoms with E-state index in [0.29, 0.717) is 0 Å². The largest absolute Gasteiger partial charge is 0.433 e. The van der Waals surface area contributed by atoms with Crippen LogP contribution in [-0.4, -0.2) is 30.0 Å². The van der Waals surface area contributed by atoms with Crippen LogP contribution in [-0.2, 0) is 6.18 Å². The Morgan fingerprint density at radius 2 is 1.42 bits per heavy atom. The molecule has 2 fully saturated rings. The predicted octanol–water partition coefficient (Wildman–Crippen LogP) is 4.57. The van der Waals surface area contributed by atoms with Gasteiger partial charge in [0, 0.05) is 0 Å². The van der Waals surface area contributed by atoms with Crippen LogP contribution in [0.3, 0.4) is 0 Å². The average molecular weight is 368 g/mol. The summed E-state index contributed by atoms with van der Waals surface area (Å²) in [7, 11) is 0. The minimum absolute atomic E-state index is 0.00125. The Labute approximate surface area is 149 Å². The summed E-state index contributed by atoms with van der Waals surface area (Å²) in [5.74, 6) is 0.186. The third kappa shape index (κ3) is 3.23. The van der Waals surface area contributed by atoms with Crippen LogP contribution in [0.4, 0.5) is 13.2 Å². The number of hydrogen-bond donors (Lipinski definition) is 0. The second kappa shape index (κ2) is 7.00. The number of alkyl halides is 3. The lowest BCUT2D eigenvalue weighted by molar-refractivity contribution is -0.144. The van der Waals surface area contributed by atoms with Crippen LogP contribution in [0.1, 0.15) is 82.0 Å². The van der Waals surface area contributed by atoms with E-state index in [4.69, 9.17) is 0 Å². The molecule has 26 heavy (non-hydrogen) atoms. The summed E-state index contributed by atoms with van der Waals surface area (Å²) >= 11 is 0. The predicted molar refractivity (Wildman–Crippen MR) is 88.3 cm³/mol. The van der Waals surface area contributed by atoms with Crippen LogP contribution in [0.15, 0.2) is 6.20 Å². The van der Waals surface area contributed by atoms with E-state index in [9.17, 15) is 13.2 Å². The highest BCUT2D eigenvalue weighted by molar-refractivity contribution is 5.58. The molecule has 2 saturated carbocycles. The second-order valence-electron chi connectivity index (χ2n) is 7.38. The van der Waals surface area contributed by atoms with Gasteiger partial charge in [0.25, 0.3) is 0 Å². The topological polar surface area (TPSA) is 61.4 Å².